The van der Waals surface area contributed by atoms with Gasteiger partial charge in [0.25, 0.3) is 10.0 Å². The number of nitrogens with one attached hydrogen (secondary N) is 2. The van der Waals surface area contributed by atoms with E-state index in [2.05, 4.69) is 20.2 Å². The molecule has 0 radical (unpaired) electrons. The number of rotatable bonds is 7. The molecule has 27 heavy (non-hydrogen) atoms. The average Bonchev–Trinajstić information content (AvgIpc) is 3.01. The monoisotopic (exact) mass is 388 g/mol. The van der Waals surface area contributed by atoms with Gasteiger partial charge in [0.2, 0.25) is 0 Å². The molecule has 2 N–H and O–H groups in total. The number of aromatic nitrogens is 2. The van der Waals surface area contributed by atoms with Crippen molar-refractivity contribution in [1.82, 2.24) is 10.1 Å². The number of aryl methyl sites for hydroxylation is 1. The standard InChI is InChI=1S/C18H20N4O4S/c1-12(2)25-15-5-7-16(8-6-15)27(23,24)22-17-9-4-14(11-19-17)20-18-10-13(3)26-21-18/h4-12H,1-3H3,(H,19,22)(H,20,21). The van der Waals surface area contributed by atoms with E-state index < -0.39 is 10.0 Å². The molecule has 0 saturated heterocycles. The smallest absolute Gasteiger partial charge is 0.263 e. The summed E-state index contributed by atoms with van der Waals surface area (Å²) in [5, 5.41) is 6.83. The Morgan fingerprint density at radius 1 is 1.07 bits per heavy atom. The Morgan fingerprint density at radius 3 is 2.37 bits per heavy atom. The second kappa shape index (κ2) is 7.67. The molecule has 0 bridgehead atoms. The van der Waals surface area contributed by atoms with Crippen molar-refractivity contribution in [2.45, 2.75) is 31.8 Å². The molecule has 0 amide bonds. The molecule has 2 aromatic heterocycles. The SMILES string of the molecule is Cc1cc(Nc2ccc(NS(=O)(=O)c3ccc(OC(C)C)cc3)nc2)no1. The second-order valence-corrected chi connectivity index (χ2v) is 7.81. The minimum atomic E-state index is -3.74. The zero-order valence-corrected chi connectivity index (χ0v) is 15.9. The lowest BCUT2D eigenvalue weighted by Crippen LogP contribution is -2.14. The van der Waals surface area contributed by atoms with Crippen LogP contribution in [-0.2, 0) is 10.0 Å². The Labute approximate surface area is 157 Å². The maximum Gasteiger partial charge on any atom is 0.263 e. The zero-order chi connectivity index (χ0) is 19.4. The fraction of sp³-hybridized carbons (Fsp3) is 0.222. The highest BCUT2D eigenvalue weighted by Crippen LogP contribution is 2.21. The largest absolute Gasteiger partial charge is 0.491 e. The van der Waals surface area contributed by atoms with E-state index in [1.165, 1.54) is 18.3 Å². The Morgan fingerprint density at radius 2 is 1.81 bits per heavy atom. The highest BCUT2D eigenvalue weighted by molar-refractivity contribution is 7.92. The van der Waals surface area contributed by atoms with E-state index >= 15 is 0 Å². The van der Waals surface area contributed by atoms with Crippen molar-refractivity contribution in [3.8, 4) is 5.75 Å². The summed E-state index contributed by atoms with van der Waals surface area (Å²) in [4.78, 5) is 4.24. The molecule has 3 rings (SSSR count). The van der Waals surface area contributed by atoms with Crippen LogP contribution in [0.25, 0.3) is 0 Å². The number of anilines is 3. The maximum absolute atomic E-state index is 12.5. The molecule has 0 aliphatic rings. The number of pyridine rings is 1. The molecular formula is C18H20N4O4S. The first-order valence-electron chi connectivity index (χ1n) is 8.28. The summed E-state index contributed by atoms with van der Waals surface area (Å²) in [6.07, 6.45) is 1.52. The summed E-state index contributed by atoms with van der Waals surface area (Å²) < 4.78 is 37.9. The number of hydrogen-bond acceptors (Lipinski definition) is 7. The number of nitrogens with zero attached hydrogens (tertiary/aromatic N) is 2. The fourth-order valence-corrected chi connectivity index (χ4v) is 3.28. The van der Waals surface area contributed by atoms with Gasteiger partial charge in [-0.1, -0.05) is 5.16 Å². The van der Waals surface area contributed by atoms with Crippen LogP contribution >= 0.6 is 0 Å². The normalized spacial score (nSPS) is 11.4. The quantitative estimate of drug-likeness (QED) is 0.635. The maximum atomic E-state index is 12.5. The minimum absolute atomic E-state index is 0.0167. The van der Waals surface area contributed by atoms with Crippen LogP contribution in [0.15, 0.2) is 58.1 Å². The average molecular weight is 388 g/mol. The molecule has 0 atom stereocenters. The third-order valence-corrected chi connectivity index (χ3v) is 4.78. The van der Waals surface area contributed by atoms with Crippen LogP contribution in [0.2, 0.25) is 0 Å². The lowest BCUT2D eigenvalue weighted by molar-refractivity contribution is 0.242. The Hall–Kier alpha value is -3.07. The van der Waals surface area contributed by atoms with Gasteiger partial charge in [0.15, 0.2) is 5.82 Å². The highest BCUT2D eigenvalue weighted by Gasteiger charge is 2.15. The summed E-state index contributed by atoms with van der Waals surface area (Å²) >= 11 is 0. The minimum Gasteiger partial charge on any atom is -0.491 e. The highest BCUT2D eigenvalue weighted by atomic mass is 32.2. The number of sulfonamides is 1. The van der Waals surface area contributed by atoms with Crippen LogP contribution in [0.3, 0.4) is 0 Å². The summed E-state index contributed by atoms with van der Waals surface area (Å²) in [5.41, 5.74) is 0.654. The van der Waals surface area contributed by atoms with Gasteiger partial charge in [-0.2, -0.15) is 0 Å². The number of hydrogen-bond donors (Lipinski definition) is 2. The molecule has 142 valence electrons. The van der Waals surface area contributed by atoms with Crippen molar-refractivity contribution >= 4 is 27.3 Å². The van der Waals surface area contributed by atoms with E-state index in [0.717, 1.165) is 0 Å². The first kappa shape index (κ1) is 18.7. The van der Waals surface area contributed by atoms with Crippen molar-refractivity contribution in [3.63, 3.8) is 0 Å². The predicted molar refractivity (Wildman–Crippen MR) is 102 cm³/mol. The van der Waals surface area contributed by atoms with Crippen molar-refractivity contribution in [2.24, 2.45) is 0 Å². The summed E-state index contributed by atoms with van der Waals surface area (Å²) in [6, 6.07) is 11.2. The van der Waals surface area contributed by atoms with E-state index in [4.69, 9.17) is 9.26 Å². The summed E-state index contributed by atoms with van der Waals surface area (Å²) in [6.45, 7) is 5.59. The topological polar surface area (TPSA) is 106 Å². The zero-order valence-electron chi connectivity index (χ0n) is 15.1. The molecule has 0 fully saturated rings. The van der Waals surface area contributed by atoms with E-state index in [1.807, 2.05) is 13.8 Å². The summed E-state index contributed by atoms with van der Waals surface area (Å²) in [5.74, 6) is 2.05. The molecule has 8 nitrogen and oxygen atoms in total. The molecule has 0 unspecified atom stereocenters. The Bertz CT molecular complexity index is 997. The molecule has 9 heteroatoms. The molecule has 0 saturated carbocycles. The van der Waals surface area contributed by atoms with Crippen LogP contribution in [0.1, 0.15) is 19.6 Å². The molecule has 3 aromatic rings. The van der Waals surface area contributed by atoms with Gasteiger partial charge in [-0.05, 0) is 57.2 Å². The van der Waals surface area contributed by atoms with Crippen LogP contribution in [0.4, 0.5) is 17.3 Å². The second-order valence-electron chi connectivity index (χ2n) is 6.12. The van der Waals surface area contributed by atoms with Crippen molar-refractivity contribution in [1.29, 1.82) is 0 Å². The molecular weight excluding hydrogens is 368 g/mol. The molecule has 1 aromatic carbocycles. The van der Waals surface area contributed by atoms with Crippen molar-refractivity contribution in [2.75, 3.05) is 10.0 Å². The van der Waals surface area contributed by atoms with Gasteiger partial charge in [0.05, 0.1) is 22.9 Å². The fourth-order valence-electron chi connectivity index (χ4n) is 2.27. The molecule has 0 spiro atoms. The van der Waals surface area contributed by atoms with Crippen LogP contribution in [0, 0.1) is 6.92 Å². The van der Waals surface area contributed by atoms with Crippen molar-refractivity contribution in [3.05, 3.63) is 54.4 Å². The first-order chi connectivity index (χ1) is 12.8. The van der Waals surface area contributed by atoms with Gasteiger partial charge >= 0.3 is 0 Å². The van der Waals surface area contributed by atoms with E-state index in [-0.39, 0.29) is 16.8 Å². The third kappa shape index (κ3) is 4.98. The summed E-state index contributed by atoms with van der Waals surface area (Å²) in [7, 11) is -3.74. The van der Waals surface area contributed by atoms with Crippen LogP contribution < -0.4 is 14.8 Å². The van der Waals surface area contributed by atoms with E-state index in [0.29, 0.717) is 23.0 Å². The van der Waals surface area contributed by atoms with Crippen LogP contribution in [0.5, 0.6) is 5.75 Å². The molecule has 2 heterocycles. The number of ether oxygens (including phenoxy) is 1. The van der Waals surface area contributed by atoms with Gasteiger partial charge in [0, 0.05) is 6.07 Å². The van der Waals surface area contributed by atoms with Crippen LogP contribution in [-0.4, -0.2) is 24.7 Å². The van der Waals surface area contributed by atoms with E-state index in [1.54, 1.807) is 37.3 Å². The molecule has 0 aliphatic carbocycles. The van der Waals surface area contributed by atoms with Gasteiger partial charge in [-0.15, -0.1) is 0 Å². The van der Waals surface area contributed by atoms with Gasteiger partial charge < -0.3 is 14.6 Å². The van der Waals surface area contributed by atoms with E-state index in [9.17, 15) is 8.42 Å². The first-order valence-corrected chi connectivity index (χ1v) is 9.76. The predicted octanol–water partition coefficient (Wildman–Crippen LogP) is 3.71. The lowest BCUT2D eigenvalue weighted by atomic mass is 10.3. The number of benzene rings is 1. The lowest BCUT2D eigenvalue weighted by Gasteiger charge is -2.11. The Kier molecular flexibility index (Phi) is 5.31. The Balaban J connectivity index is 1.68. The van der Waals surface area contributed by atoms with Gasteiger partial charge in [0.1, 0.15) is 17.3 Å². The molecule has 0 aliphatic heterocycles. The van der Waals surface area contributed by atoms with Gasteiger partial charge in [-0.3, -0.25) is 4.72 Å². The van der Waals surface area contributed by atoms with Crippen molar-refractivity contribution < 1.29 is 17.7 Å². The third-order valence-electron chi connectivity index (χ3n) is 3.41. The van der Waals surface area contributed by atoms with Gasteiger partial charge in [-0.25, -0.2) is 13.4 Å².